The molecule has 0 radical (unpaired) electrons. The minimum Gasteiger partial charge on any atom is -0.335 e. The molecule has 4 rings (SSSR count). The van der Waals surface area contributed by atoms with Crippen molar-refractivity contribution in [3.63, 3.8) is 0 Å². The fraction of sp³-hybridized carbons (Fsp3) is 0.292. The first-order valence-electron chi connectivity index (χ1n) is 10.4. The van der Waals surface area contributed by atoms with Crippen LogP contribution in [0.15, 0.2) is 67.0 Å². The van der Waals surface area contributed by atoms with E-state index in [2.05, 4.69) is 12.0 Å². The lowest BCUT2D eigenvalue weighted by Crippen LogP contribution is -2.50. The summed E-state index contributed by atoms with van der Waals surface area (Å²) in [6, 6.07) is 17.4. The summed E-state index contributed by atoms with van der Waals surface area (Å²) < 4.78 is 1.85. The van der Waals surface area contributed by atoms with Gasteiger partial charge in [0.05, 0.1) is 6.54 Å². The molecular weight excluding hydrogens is 376 g/mol. The van der Waals surface area contributed by atoms with Crippen LogP contribution in [0.1, 0.15) is 38.8 Å². The van der Waals surface area contributed by atoms with Gasteiger partial charge in [0.15, 0.2) is 0 Å². The van der Waals surface area contributed by atoms with Gasteiger partial charge in [-0.2, -0.15) is 5.10 Å². The third-order valence-electron chi connectivity index (χ3n) is 5.57. The average Bonchev–Trinajstić information content (AvgIpc) is 3.32. The van der Waals surface area contributed by atoms with Gasteiger partial charge in [0.25, 0.3) is 11.8 Å². The number of carbonyl (C=O) groups excluding carboxylic acids is 2. The Morgan fingerprint density at radius 3 is 1.73 bits per heavy atom. The number of amides is 2. The molecule has 1 aromatic heterocycles. The van der Waals surface area contributed by atoms with Crippen LogP contribution in [-0.4, -0.2) is 57.6 Å². The first-order valence-corrected chi connectivity index (χ1v) is 10.4. The maximum atomic E-state index is 12.8. The molecule has 154 valence electrons. The van der Waals surface area contributed by atoms with Gasteiger partial charge in [-0.15, -0.1) is 0 Å². The first-order chi connectivity index (χ1) is 14.6. The third-order valence-corrected chi connectivity index (χ3v) is 5.57. The number of aryl methyl sites for hydroxylation is 1. The Bertz CT molecular complexity index is 987. The van der Waals surface area contributed by atoms with Crippen molar-refractivity contribution in [3.05, 3.63) is 89.2 Å². The molecule has 1 fully saturated rings. The standard InChI is InChI=1S/C24H26N4O2/c1-2-19-4-8-21(9-5-19)23(29)26-14-16-27(17-15-26)24(30)22-10-6-20(7-11-22)18-28-13-3-12-25-28/h3-13H,2,14-18H2,1H3. The van der Waals surface area contributed by atoms with Crippen molar-refractivity contribution < 1.29 is 9.59 Å². The minimum absolute atomic E-state index is 0.0139. The molecule has 0 aliphatic carbocycles. The van der Waals surface area contributed by atoms with Crippen LogP contribution < -0.4 is 0 Å². The minimum atomic E-state index is 0.0139. The molecule has 6 heteroatoms. The quantitative estimate of drug-likeness (QED) is 0.659. The molecule has 30 heavy (non-hydrogen) atoms. The third kappa shape index (κ3) is 4.43. The Balaban J connectivity index is 1.33. The Morgan fingerprint density at radius 1 is 0.800 bits per heavy atom. The zero-order chi connectivity index (χ0) is 20.9. The van der Waals surface area contributed by atoms with Crippen molar-refractivity contribution in [2.75, 3.05) is 26.2 Å². The van der Waals surface area contributed by atoms with E-state index in [1.165, 1.54) is 5.56 Å². The Morgan fingerprint density at radius 2 is 1.30 bits per heavy atom. The van der Waals surface area contributed by atoms with Gasteiger partial charge in [0.2, 0.25) is 0 Å². The Kier molecular flexibility index (Phi) is 5.93. The summed E-state index contributed by atoms with van der Waals surface area (Å²) in [6.07, 6.45) is 4.62. The molecule has 0 unspecified atom stereocenters. The number of nitrogens with zero attached hydrogens (tertiary/aromatic N) is 4. The van der Waals surface area contributed by atoms with E-state index in [4.69, 9.17) is 0 Å². The number of rotatable bonds is 5. The Labute approximate surface area is 176 Å². The molecule has 6 nitrogen and oxygen atoms in total. The van der Waals surface area contributed by atoms with Gasteiger partial charge in [0.1, 0.15) is 0 Å². The molecule has 1 saturated heterocycles. The van der Waals surface area contributed by atoms with Gasteiger partial charge in [-0.25, -0.2) is 0 Å². The average molecular weight is 402 g/mol. The number of piperazine rings is 1. The van der Waals surface area contributed by atoms with E-state index in [0.29, 0.717) is 43.9 Å². The van der Waals surface area contributed by atoms with Crippen LogP contribution in [0.5, 0.6) is 0 Å². The zero-order valence-corrected chi connectivity index (χ0v) is 17.2. The van der Waals surface area contributed by atoms with Gasteiger partial charge in [-0.3, -0.25) is 14.3 Å². The topological polar surface area (TPSA) is 58.4 Å². The van der Waals surface area contributed by atoms with Crippen LogP contribution in [0.2, 0.25) is 0 Å². The molecule has 0 saturated carbocycles. The molecule has 0 spiro atoms. The van der Waals surface area contributed by atoms with E-state index < -0.39 is 0 Å². The number of hydrogen-bond donors (Lipinski definition) is 0. The van der Waals surface area contributed by atoms with Crippen LogP contribution in [0.3, 0.4) is 0 Å². The highest BCUT2D eigenvalue weighted by Crippen LogP contribution is 2.14. The van der Waals surface area contributed by atoms with E-state index in [1.807, 2.05) is 75.3 Å². The van der Waals surface area contributed by atoms with Gasteiger partial charge in [0, 0.05) is 49.7 Å². The molecule has 3 aromatic rings. The van der Waals surface area contributed by atoms with Crippen LogP contribution in [0.4, 0.5) is 0 Å². The number of benzene rings is 2. The highest BCUT2D eigenvalue weighted by molar-refractivity contribution is 5.96. The fourth-order valence-corrected chi connectivity index (χ4v) is 3.69. The van der Waals surface area contributed by atoms with E-state index in [1.54, 1.807) is 6.20 Å². The number of aromatic nitrogens is 2. The van der Waals surface area contributed by atoms with Crippen LogP contribution in [0, 0.1) is 0 Å². The van der Waals surface area contributed by atoms with E-state index in [0.717, 1.165) is 12.0 Å². The predicted octanol–water partition coefficient (Wildman–Crippen LogP) is 3.09. The lowest BCUT2D eigenvalue weighted by Gasteiger charge is -2.35. The summed E-state index contributed by atoms with van der Waals surface area (Å²) in [5, 5.41) is 4.20. The van der Waals surface area contributed by atoms with Gasteiger partial charge >= 0.3 is 0 Å². The van der Waals surface area contributed by atoms with Crippen molar-refractivity contribution in [1.29, 1.82) is 0 Å². The van der Waals surface area contributed by atoms with E-state index >= 15 is 0 Å². The molecule has 2 aromatic carbocycles. The maximum absolute atomic E-state index is 12.8. The second kappa shape index (κ2) is 8.95. The summed E-state index contributed by atoms with van der Waals surface area (Å²) in [4.78, 5) is 29.2. The first kappa shape index (κ1) is 19.9. The summed E-state index contributed by atoms with van der Waals surface area (Å²) in [7, 11) is 0. The molecule has 1 aliphatic rings. The van der Waals surface area contributed by atoms with Crippen molar-refractivity contribution in [2.45, 2.75) is 19.9 Å². The second-order valence-corrected chi connectivity index (χ2v) is 7.54. The molecule has 0 bridgehead atoms. The van der Waals surface area contributed by atoms with Crippen LogP contribution >= 0.6 is 0 Å². The second-order valence-electron chi connectivity index (χ2n) is 7.54. The SMILES string of the molecule is CCc1ccc(C(=O)N2CCN(C(=O)c3ccc(Cn4cccn4)cc3)CC2)cc1. The molecular formula is C24H26N4O2. The summed E-state index contributed by atoms with van der Waals surface area (Å²) in [5.74, 6) is 0.0489. The monoisotopic (exact) mass is 402 g/mol. The van der Waals surface area contributed by atoms with Crippen molar-refractivity contribution in [3.8, 4) is 0 Å². The van der Waals surface area contributed by atoms with Crippen molar-refractivity contribution in [1.82, 2.24) is 19.6 Å². The lowest BCUT2D eigenvalue weighted by molar-refractivity contribution is 0.0535. The molecule has 2 heterocycles. The predicted molar refractivity (Wildman–Crippen MR) is 115 cm³/mol. The largest absolute Gasteiger partial charge is 0.335 e. The molecule has 1 aliphatic heterocycles. The number of carbonyl (C=O) groups is 2. The Hall–Kier alpha value is -3.41. The molecule has 0 N–H and O–H groups in total. The van der Waals surface area contributed by atoms with Crippen molar-refractivity contribution >= 4 is 11.8 Å². The van der Waals surface area contributed by atoms with Crippen LogP contribution in [0.25, 0.3) is 0 Å². The maximum Gasteiger partial charge on any atom is 0.253 e. The summed E-state index contributed by atoms with van der Waals surface area (Å²) in [6.45, 7) is 4.98. The molecule has 0 atom stereocenters. The zero-order valence-electron chi connectivity index (χ0n) is 17.2. The molecule has 2 amide bonds. The summed E-state index contributed by atoms with van der Waals surface area (Å²) >= 11 is 0. The van der Waals surface area contributed by atoms with Crippen LogP contribution in [-0.2, 0) is 13.0 Å². The van der Waals surface area contributed by atoms with Crippen molar-refractivity contribution in [2.24, 2.45) is 0 Å². The van der Waals surface area contributed by atoms with Gasteiger partial charge < -0.3 is 9.80 Å². The van der Waals surface area contributed by atoms with E-state index in [-0.39, 0.29) is 11.8 Å². The van der Waals surface area contributed by atoms with Gasteiger partial charge in [-0.1, -0.05) is 31.2 Å². The highest BCUT2D eigenvalue weighted by atomic mass is 16.2. The number of hydrogen-bond acceptors (Lipinski definition) is 3. The van der Waals surface area contributed by atoms with E-state index in [9.17, 15) is 9.59 Å². The normalized spacial score (nSPS) is 14.0. The fourth-order valence-electron chi connectivity index (χ4n) is 3.69. The highest BCUT2D eigenvalue weighted by Gasteiger charge is 2.25. The van der Waals surface area contributed by atoms with Gasteiger partial charge in [-0.05, 0) is 47.9 Å². The summed E-state index contributed by atoms with van der Waals surface area (Å²) in [5.41, 5.74) is 3.70. The smallest absolute Gasteiger partial charge is 0.253 e. The lowest BCUT2D eigenvalue weighted by atomic mass is 10.1.